The fourth-order valence-corrected chi connectivity index (χ4v) is 1.22. The number of aliphatic hydroxyl groups excluding tert-OH is 1. The molecule has 0 unspecified atom stereocenters. The molecule has 0 aliphatic heterocycles. The zero-order chi connectivity index (χ0) is 11.1. The Kier molecular flexibility index (Phi) is 5.14. The highest BCUT2D eigenvalue weighted by atomic mass is 16.5. The number of aliphatic hydroxyl groups is 1. The van der Waals surface area contributed by atoms with Crippen molar-refractivity contribution < 1.29 is 9.84 Å². The highest BCUT2D eigenvalue weighted by Gasteiger charge is 1.99. The van der Waals surface area contributed by atoms with E-state index in [0.717, 1.165) is 5.69 Å². The molecule has 0 radical (unpaired) electrons. The van der Waals surface area contributed by atoms with E-state index in [1.54, 1.807) is 6.20 Å². The second-order valence-corrected chi connectivity index (χ2v) is 3.63. The fraction of sp³-hybridized carbons (Fsp3) is 0.700. The summed E-state index contributed by atoms with van der Waals surface area (Å²) in [5, 5.41) is 16.0. The van der Waals surface area contributed by atoms with Gasteiger partial charge >= 0.3 is 0 Å². The zero-order valence-corrected chi connectivity index (χ0v) is 9.31. The number of nitrogens with one attached hydrogen (secondary N) is 1. The van der Waals surface area contributed by atoms with Crippen LogP contribution in [0.4, 0.5) is 5.69 Å². The number of nitrogens with zero attached hydrogens (tertiary/aromatic N) is 2. The topological polar surface area (TPSA) is 59.3 Å². The largest absolute Gasteiger partial charge is 0.394 e. The summed E-state index contributed by atoms with van der Waals surface area (Å²) in [4.78, 5) is 0. The molecule has 0 atom stereocenters. The first-order valence-corrected chi connectivity index (χ1v) is 5.20. The summed E-state index contributed by atoms with van der Waals surface area (Å²) in [6, 6.07) is 0.410. The smallest absolute Gasteiger partial charge is 0.0728 e. The van der Waals surface area contributed by atoms with Crippen LogP contribution in [0.2, 0.25) is 0 Å². The van der Waals surface area contributed by atoms with Crippen LogP contribution in [0.1, 0.15) is 13.8 Å². The van der Waals surface area contributed by atoms with Gasteiger partial charge in [0.1, 0.15) is 0 Å². The highest BCUT2D eigenvalue weighted by molar-refractivity contribution is 5.38. The third kappa shape index (κ3) is 4.80. The Morgan fingerprint density at radius 2 is 2.33 bits per heavy atom. The van der Waals surface area contributed by atoms with Gasteiger partial charge in [-0.3, -0.25) is 4.68 Å². The highest BCUT2D eigenvalue weighted by Crippen LogP contribution is 2.05. The molecule has 1 aromatic rings. The van der Waals surface area contributed by atoms with Crippen molar-refractivity contribution in [2.75, 3.05) is 25.1 Å². The van der Waals surface area contributed by atoms with Crippen LogP contribution in [-0.2, 0) is 11.3 Å². The molecule has 0 fully saturated rings. The summed E-state index contributed by atoms with van der Waals surface area (Å²) in [7, 11) is 0. The molecule has 1 heterocycles. The van der Waals surface area contributed by atoms with Crippen LogP contribution >= 0.6 is 0 Å². The summed E-state index contributed by atoms with van der Waals surface area (Å²) in [6.45, 7) is 5.91. The maximum absolute atomic E-state index is 8.51. The zero-order valence-electron chi connectivity index (χ0n) is 9.31. The summed E-state index contributed by atoms with van der Waals surface area (Å²) in [5.41, 5.74) is 1.02. The van der Waals surface area contributed by atoms with E-state index in [9.17, 15) is 0 Å². The molecule has 1 rings (SSSR count). The summed E-state index contributed by atoms with van der Waals surface area (Å²) in [5.74, 6) is 0. The average Bonchev–Trinajstić information content (AvgIpc) is 2.59. The molecule has 5 nitrogen and oxygen atoms in total. The number of rotatable bonds is 7. The quantitative estimate of drug-likeness (QED) is 0.655. The lowest BCUT2D eigenvalue weighted by molar-refractivity contribution is 0.0854. The van der Waals surface area contributed by atoms with E-state index < -0.39 is 0 Å². The minimum atomic E-state index is 0.0687. The maximum Gasteiger partial charge on any atom is 0.0728 e. The van der Waals surface area contributed by atoms with Gasteiger partial charge in [0.05, 0.1) is 38.2 Å². The van der Waals surface area contributed by atoms with Gasteiger partial charge in [-0.25, -0.2) is 0 Å². The normalized spacial score (nSPS) is 10.9. The standard InChI is InChI=1S/C10H19N3O2/c1-9(2)12-10-7-11-13(8-10)3-5-15-6-4-14/h7-9,12,14H,3-6H2,1-2H3. The van der Waals surface area contributed by atoms with Crippen LogP contribution in [0.3, 0.4) is 0 Å². The van der Waals surface area contributed by atoms with Gasteiger partial charge in [0.2, 0.25) is 0 Å². The third-order valence-electron chi connectivity index (χ3n) is 1.79. The maximum atomic E-state index is 8.51. The molecule has 0 saturated heterocycles. The molecule has 0 aliphatic rings. The number of aromatic nitrogens is 2. The van der Waals surface area contributed by atoms with Crippen LogP contribution in [0.25, 0.3) is 0 Å². The predicted octanol–water partition coefficient (Wildman–Crippen LogP) is 0.712. The number of ether oxygens (including phenoxy) is 1. The number of hydrogen-bond acceptors (Lipinski definition) is 4. The molecule has 0 bridgehead atoms. The molecular weight excluding hydrogens is 194 g/mol. The summed E-state index contributed by atoms with van der Waals surface area (Å²) >= 11 is 0. The Balaban J connectivity index is 2.26. The van der Waals surface area contributed by atoms with E-state index in [2.05, 4.69) is 24.3 Å². The second-order valence-electron chi connectivity index (χ2n) is 3.63. The minimum absolute atomic E-state index is 0.0687. The molecule has 86 valence electrons. The van der Waals surface area contributed by atoms with Crippen molar-refractivity contribution in [3.8, 4) is 0 Å². The van der Waals surface area contributed by atoms with Gasteiger partial charge in [0.15, 0.2) is 0 Å². The molecule has 15 heavy (non-hydrogen) atoms. The Bertz CT molecular complexity index is 273. The van der Waals surface area contributed by atoms with Gasteiger partial charge in [-0.2, -0.15) is 5.10 Å². The van der Waals surface area contributed by atoms with Gasteiger partial charge in [0.25, 0.3) is 0 Å². The Morgan fingerprint density at radius 3 is 3.00 bits per heavy atom. The average molecular weight is 213 g/mol. The predicted molar refractivity (Wildman–Crippen MR) is 58.9 cm³/mol. The lowest BCUT2D eigenvalue weighted by Gasteiger charge is -2.05. The Labute approximate surface area is 90.1 Å². The number of anilines is 1. The third-order valence-corrected chi connectivity index (χ3v) is 1.79. The second kappa shape index (κ2) is 6.42. The first-order chi connectivity index (χ1) is 7.22. The van der Waals surface area contributed by atoms with Crippen LogP contribution in [0.5, 0.6) is 0 Å². The molecule has 2 N–H and O–H groups in total. The lowest BCUT2D eigenvalue weighted by Crippen LogP contribution is -2.10. The molecule has 1 aromatic heterocycles. The van der Waals surface area contributed by atoms with Crippen molar-refractivity contribution in [2.24, 2.45) is 0 Å². The van der Waals surface area contributed by atoms with Crippen molar-refractivity contribution in [3.63, 3.8) is 0 Å². The van der Waals surface area contributed by atoms with E-state index in [1.165, 1.54) is 0 Å². The van der Waals surface area contributed by atoms with Crippen molar-refractivity contribution in [2.45, 2.75) is 26.4 Å². The van der Waals surface area contributed by atoms with E-state index in [1.807, 2.05) is 10.9 Å². The summed E-state index contributed by atoms with van der Waals surface area (Å²) < 4.78 is 6.97. The van der Waals surface area contributed by atoms with Crippen molar-refractivity contribution in [1.82, 2.24) is 9.78 Å². The lowest BCUT2D eigenvalue weighted by atomic mass is 10.4. The Morgan fingerprint density at radius 1 is 1.53 bits per heavy atom. The first kappa shape index (κ1) is 12.0. The van der Waals surface area contributed by atoms with Gasteiger partial charge in [-0.05, 0) is 13.8 Å². The van der Waals surface area contributed by atoms with Crippen LogP contribution in [0.15, 0.2) is 12.4 Å². The molecule has 0 aromatic carbocycles. The van der Waals surface area contributed by atoms with E-state index in [-0.39, 0.29) is 6.61 Å². The van der Waals surface area contributed by atoms with Crippen LogP contribution in [0, 0.1) is 0 Å². The van der Waals surface area contributed by atoms with E-state index >= 15 is 0 Å². The van der Waals surface area contributed by atoms with Crippen molar-refractivity contribution >= 4 is 5.69 Å². The first-order valence-electron chi connectivity index (χ1n) is 5.20. The monoisotopic (exact) mass is 213 g/mol. The molecular formula is C10H19N3O2. The van der Waals surface area contributed by atoms with Gasteiger partial charge in [-0.15, -0.1) is 0 Å². The SMILES string of the molecule is CC(C)Nc1cnn(CCOCCO)c1. The molecule has 5 heteroatoms. The van der Waals surface area contributed by atoms with Gasteiger partial charge < -0.3 is 15.2 Å². The summed E-state index contributed by atoms with van der Waals surface area (Å²) in [6.07, 6.45) is 3.74. The van der Waals surface area contributed by atoms with Gasteiger partial charge in [-0.1, -0.05) is 0 Å². The molecule has 0 aliphatic carbocycles. The van der Waals surface area contributed by atoms with Crippen LogP contribution < -0.4 is 5.32 Å². The minimum Gasteiger partial charge on any atom is -0.394 e. The van der Waals surface area contributed by atoms with Gasteiger partial charge in [0, 0.05) is 12.2 Å². The Hall–Kier alpha value is -1.07. The van der Waals surface area contributed by atoms with E-state index in [4.69, 9.17) is 9.84 Å². The molecule has 0 saturated carbocycles. The van der Waals surface area contributed by atoms with Crippen molar-refractivity contribution in [3.05, 3.63) is 12.4 Å². The van der Waals surface area contributed by atoms with Crippen LogP contribution in [-0.4, -0.2) is 40.7 Å². The number of hydrogen-bond donors (Lipinski definition) is 2. The fourth-order valence-electron chi connectivity index (χ4n) is 1.22. The van der Waals surface area contributed by atoms with E-state index in [0.29, 0.717) is 25.8 Å². The molecule has 0 amide bonds. The molecule has 0 spiro atoms. The van der Waals surface area contributed by atoms with Crippen molar-refractivity contribution in [1.29, 1.82) is 0 Å².